The van der Waals surface area contributed by atoms with E-state index in [4.69, 9.17) is 10.8 Å². The molecule has 1 heterocycles. The largest absolute Gasteiger partial charge is 0.398 e. The van der Waals surface area contributed by atoms with Crippen LogP contribution in [-0.2, 0) is 0 Å². The summed E-state index contributed by atoms with van der Waals surface area (Å²) < 4.78 is 0.966. The minimum atomic E-state index is 0.0408. The standard InChI is InChI=1S/C6H9IN2O/c7-5-2-9-1-4(3-10)6(5)8/h2,9-10H,1,3,8H2. The predicted octanol–water partition coefficient (Wildman–Crippen LogP) is 0.0711. The van der Waals surface area contributed by atoms with Crippen LogP contribution in [0.5, 0.6) is 0 Å². The van der Waals surface area contributed by atoms with Crippen LogP contribution in [0.2, 0.25) is 0 Å². The third-order valence-electron chi connectivity index (χ3n) is 1.37. The summed E-state index contributed by atoms with van der Waals surface area (Å²) >= 11 is 2.13. The second-order valence-electron chi connectivity index (χ2n) is 2.05. The lowest BCUT2D eigenvalue weighted by molar-refractivity contribution is 0.326. The van der Waals surface area contributed by atoms with E-state index in [1.807, 2.05) is 6.20 Å². The maximum absolute atomic E-state index is 8.77. The molecule has 1 rings (SSSR count). The fourth-order valence-corrected chi connectivity index (χ4v) is 1.35. The van der Waals surface area contributed by atoms with E-state index in [2.05, 4.69) is 27.9 Å². The van der Waals surface area contributed by atoms with Gasteiger partial charge in [0, 0.05) is 18.4 Å². The summed E-state index contributed by atoms with van der Waals surface area (Å²) in [5.41, 5.74) is 7.21. The molecule has 0 fully saturated rings. The molecule has 0 amide bonds. The van der Waals surface area contributed by atoms with Crippen molar-refractivity contribution in [1.82, 2.24) is 5.32 Å². The predicted molar refractivity (Wildman–Crippen MR) is 48.4 cm³/mol. The molecule has 0 spiro atoms. The number of aliphatic hydroxyl groups is 1. The molecule has 0 aliphatic carbocycles. The molecule has 0 atom stereocenters. The van der Waals surface area contributed by atoms with E-state index in [1.54, 1.807) is 0 Å². The Morgan fingerprint density at radius 1 is 1.80 bits per heavy atom. The molecule has 0 bridgehead atoms. The van der Waals surface area contributed by atoms with Gasteiger partial charge in [0.05, 0.1) is 10.2 Å². The number of hydrogen-bond donors (Lipinski definition) is 3. The van der Waals surface area contributed by atoms with Gasteiger partial charge in [-0.05, 0) is 28.2 Å². The molecular formula is C6H9IN2O. The van der Waals surface area contributed by atoms with Gasteiger partial charge in [-0.1, -0.05) is 0 Å². The Hall–Kier alpha value is -0.230. The first kappa shape index (κ1) is 7.87. The Bertz CT molecular complexity index is 198. The second kappa shape index (κ2) is 3.25. The van der Waals surface area contributed by atoms with Crippen molar-refractivity contribution in [2.45, 2.75) is 0 Å². The molecule has 4 N–H and O–H groups in total. The number of dihydropyridines is 1. The van der Waals surface area contributed by atoms with Crippen molar-refractivity contribution >= 4 is 22.6 Å². The van der Waals surface area contributed by atoms with Crippen LogP contribution in [0.25, 0.3) is 0 Å². The highest BCUT2D eigenvalue weighted by Gasteiger charge is 2.08. The van der Waals surface area contributed by atoms with Gasteiger partial charge in [0.15, 0.2) is 0 Å². The summed E-state index contributed by atoms with van der Waals surface area (Å²) in [5, 5.41) is 11.8. The maximum atomic E-state index is 8.77. The zero-order valence-electron chi connectivity index (χ0n) is 5.39. The van der Waals surface area contributed by atoms with Gasteiger partial charge in [0.2, 0.25) is 0 Å². The Morgan fingerprint density at radius 3 is 3.00 bits per heavy atom. The fraction of sp³-hybridized carbons (Fsp3) is 0.333. The van der Waals surface area contributed by atoms with E-state index in [1.165, 1.54) is 0 Å². The van der Waals surface area contributed by atoms with Crippen LogP contribution in [0.4, 0.5) is 0 Å². The summed E-state index contributed by atoms with van der Waals surface area (Å²) in [6.07, 6.45) is 1.84. The van der Waals surface area contributed by atoms with E-state index in [-0.39, 0.29) is 6.61 Å². The summed E-state index contributed by atoms with van der Waals surface area (Å²) in [7, 11) is 0. The van der Waals surface area contributed by atoms with E-state index < -0.39 is 0 Å². The van der Waals surface area contributed by atoms with Crippen LogP contribution in [0.15, 0.2) is 21.0 Å². The van der Waals surface area contributed by atoms with Crippen molar-refractivity contribution in [3.05, 3.63) is 21.0 Å². The van der Waals surface area contributed by atoms with E-state index >= 15 is 0 Å². The molecule has 56 valence electrons. The van der Waals surface area contributed by atoms with Gasteiger partial charge < -0.3 is 16.2 Å². The van der Waals surface area contributed by atoms with Gasteiger partial charge in [0.1, 0.15) is 0 Å². The number of allylic oxidation sites excluding steroid dienone is 1. The lowest BCUT2D eigenvalue weighted by Gasteiger charge is -2.14. The Kier molecular flexibility index (Phi) is 2.56. The molecule has 0 saturated carbocycles. The third kappa shape index (κ3) is 1.43. The lowest BCUT2D eigenvalue weighted by atomic mass is 10.2. The summed E-state index contributed by atoms with van der Waals surface area (Å²) in [5.74, 6) is 0. The number of halogens is 1. The highest BCUT2D eigenvalue weighted by Crippen LogP contribution is 2.18. The maximum Gasteiger partial charge on any atom is 0.0682 e. The monoisotopic (exact) mass is 252 g/mol. The second-order valence-corrected chi connectivity index (χ2v) is 3.21. The Morgan fingerprint density at radius 2 is 2.50 bits per heavy atom. The number of nitrogens with one attached hydrogen (secondary N) is 1. The third-order valence-corrected chi connectivity index (χ3v) is 2.27. The molecule has 1 aliphatic heterocycles. The zero-order valence-corrected chi connectivity index (χ0v) is 7.55. The van der Waals surface area contributed by atoms with Gasteiger partial charge in [-0.3, -0.25) is 0 Å². The lowest BCUT2D eigenvalue weighted by Crippen LogP contribution is -2.22. The molecule has 0 aromatic carbocycles. The highest BCUT2D eigenvalue weighted by molar-refractivity contribution is 14.1. The topological polar surface area (TPSA) is 58.3 Å². The normalized spacial score (nSPS) is 18.4. The van der Waals surface area contributed by atoms with Crippen molar-refractivity contribution in [1.29, 1.82) is 0 Å². The average molecular weight is 252 g/mol. The van der Waals surface area contributed by atoms with Crippen LogP contribution < -0.4 is 11.1 Å². The number of nitrogens with two attached hydrogens (primary N) is 1. The van der Waals surface area contributed by atoms with Crippen LogP contribution in [0, 0.1) is 0 Å². The average Bonchev–Trinajstić information content (AvgIpc) is 1.95. The molecule has 0 saturated heterocycles. The van der Waals surface area contributed by atoms with Gasteiger partial charge in [-0.25, -0.2) is 0 Å². The van der Waals surface area contributed by atoms with Crippen LogP contribution >= 0.6 is 22.6 Å². The van der Waals surface area contributed by atoms with Gasteiger partial charge in [0.25, 0.3) is 0 Å². The molecule has 0 aromatic heterocycles. The number of aliphatic hydroxyl groups excluding tert-OH is 1. The zero-order chi connectivity index (χ0) is 7.56. The van der Waals surface area contributed by atoms with E-state index in [9.17, 15) is 0 Å². The molecule has 1 aliphatic rings. The van der Waals surface area contributed by atoms with Crippen LogP contribution in [-0.4, -0.2) is 18.3 Å². The first-order valence-electron chi connectivity index (χ1n) is 2.93. The minimum absolute atomic E-state index is 0.0408. The summed E-state index contributed by atoms with van der Waals surface area (Å²) in [4.78, 5) is 0. The first-order chi connectivity index (χ1) is 4.75. The Balaban J connectivity index is 2.85. The van der Waals surface area contributed by atoms with E-state index in [0.717, 1.165) is 9.15 Å². The summed E-state index contributed by atoms with van der Waals surface area (Å²) in [6.45, 7) is 0.702. The van der Waals surface area contributed by atoms with Crippen LogP contribution in [0.1, 0.15) is 0 Å². The fourth-order valence-electron chi connectivity index (χ4n) is 0.747. The molecular weight excluding hydrogens is 243 g/mol. The van der Waals surface area contributed by atoms with Gasteiger partial charge in [-0.2, -0.15) is 0 Å². The first-order valence-corrected chi connectivity index (χ1v) is 4.01. The van der Waals surface area contributed by atoms with Crippen molar-refractivity contribution in [2.24, 2.45) is 5.73 Å². The molecule has 3 nitrogen and oxygen atoms in total. The SMILES string of the molecule is NC1=C(CO)CNC=C1I. The van der Waals surface area contributed by atoms with Crippen molar-refractivity contribution in [3.63, 3.8) is 0 Å². The van der Waals surface area contributed by atoms with Gasteiger partial charge >= 0.3 is 0 Å². The highest BCUT2D eigenvalue weighted by atomic mass is 127. The Labute approximate surface area is 73.1 Å². The molecule has 0 radical (unpaired) electrons. The van der Waals surface area contributed by atoms with Crippen molar-refractivity contribution in [2.75, 3.05) is 13.2 Å². The number of hydrogen-bond acceptors (Lipinski definition) is 3. The molecule has 0 unspecified atom stereocenters. The number of rotatable bonds is 1. The molecule has 0 aromatic rings. The molecule has 4 heteroatoms. The smallest absolute Gasteiger partial charge is 0.0682 e. The van der Waals surface area contributed by atoms with Crippen molar-refractivity contribution < 1.29 is 5.11 Å². The molecule has 10 heavy (non-hydrogen) atoms. The quantitative estimate of drug-likeness (QED) is 0.579. The van der Waals surface area contributed by atoms with Gasteiger partial charge in [-0.15, -0.1) is 0 Å². The van der Waals surface area contributed by atoms with Crippen molar-refractivity contribution in [3.8, 4) is 0 Å². The summed E-state index contributed by atoms with van der Waals surface area (Å²) in [6, 6.07) is 0. The van der Waals surface area contributed by atoms with E-state index in [0.29, 0.717) is 12.2 Å². The van der Waals surface area contributed by atoms with Crippen LogP contribution in [0.3, 0.4) is 0 Å². The minimum Gasteiger partial charge on any atom is -0.398 e.